The van der Waals surface area contributed by atoms with Gasteiger partial charge in [-0.15, -0.1) is 0 Å². The minimum absolute atomic E-state index is 0.0355. The Morgan fingerprint density at radius 2 is 2.31 bits per heavy atom. The van der Waals surface area contributed by atoms with Gasteiger partial charge in [0, 0.05) is 30.5 Å². The number of ether oxygens (including phenoxy) is 2. The number of nitrogens with zero attached hydrogens (tertiary/aromatic N) is 2. The highest BCUT2D eigenvalue weighted by atomic mass is 35.5. The topological polar surface area (TPSA) is 69.1 Å². The number of hydrogen-bond acceptors (Lipinski definition) is 4. The predicted molar refractivity (Wildman–Crippen MR) is 102 cm³/mol. The largest absolute Gasteiger partial charge is 0.381 e. The van der Waals surface area contributed by atoms with Gasteiger partial charge in [-0.25, -0.2) is 4.68 Å². The van der Waals surface area contributed by atoms with Gasteiger partial charge in [0.2, 0.25) is 0 Å². The first-order chi connectivity index (χ1) is 12.6. The summed E-state index contributed by atoms with van der Waals surface area (Å²) in [5, 5.41) is 6.86. The Balaban J connectivity index is 2.00. The second kappa shape index (κ2) is 7.02. The van der Waals surface area contributed by atoms with Crippen molar-refractivity contribution in [3.63, 3.8) is 0 Å². The number of halogens is 1. The van der Waals surface area contributed by atoms with E-state index in [1.54, 1.807) is 13.2 Å². The van der Waals surface area contributed by atoms with E-state index in [0.717, 1.165) is 35.9 Å². The fourth-order valence-electron chi connectivity index (χ4n) is 3.61. The molecule has 7 heteroatoms. The molecule has 138 valence electrons. The average Bonchev–Trinajstić information content (AvgIpc) is 3.03. The van der Waals surface area contributed by atoms with Crippen LogP contribution in [0.3, 0.4) is 0 Å². The van der Waals surface area contributed by atoms with Crippen LogP contribution in [0.5, 0.6) is 0 Å². The molecule has 0 radical (unpaired) electrons. The highest BCUT2D eigenvalue weighted by Gasteiger charge is 2.25. The summed E-state index contributed by atoms with van der Waals surface area (Å²) < 4.78 is 13.3. The first kappa shape index (κ1) is 17.5. The zero-order valence-corrected chi connectivity index (χ0v) is 15.7. The Hall–Kier alpha value is -1.89. The number of aromatic nitrogens is 3. The number of hydrogen-bond donors (Lipinski definition) is 1. The van der Waals surface area contributed by atoms with E-state index in [9.17, 15) is 4.79 Å². The number of rotatable bonds is 4. The SMILES string of the molecule is COC(C)Cc1c2c(=O)[nH]c3ccc(Cl)cc3c2nn1C1CCCCO1. The second-order valence-corrected chi connectivity index (χ2v) is 7.27. The van der Waals surface area contributed by atoms with Gasteiger partial charge in [-0.05, 0) is 44.4 Å². The number of benzene rings is 1. The molecule has 1 aromatic carbocycles. The molecular weight excluding hydrogens is 354 g/mol. The Bertz CT molecular complexity index is 1000. The quantitative estimate of drug-likeness (QED) is 0.752. The lowest BCUT2D eigenvalue weighted by Crippen LogP contribution is -2.23. The van der Waals surface area contributed by atoms with Crippen LogP contribution in [0.2, 0.25) is 5.02 Å². The maximum atomic E-state index is 12.8. The van der Waals surface area contributed by atoms with Crippen LogP contribution in [0.4, 0.5) is 0 Å². The van der Waals surface area contributed by atoms with Gasteiger partial charge in [0.15, 0.2) is 6.23 Å². The first-order valence-electron chi connectivity index (χ1n) is 8.95. The Morgan fingerprint density at radius 3 is 3.04 bits per heavy atom. The van der Waals surface area contributed by atoms with Crippen LogP contribution in [0.25, 0.3) is 21.8 Å². The highest BCUT2D eigenvalue weighted by Crippen LogP contribution is 2.31. The monoisotopic (exact) mass is 375 g/mol. The van der Waals surface area contributed by atoms with E-state index in [4.69, 9.17) is 26.2 Å². The Labute approximate surface area is 156 Å². The lowest BCUT2D eigenvalue weighted by atomic mass is 10.1. The van der Waals surface area contributed by atoms with Crippen LogP contribution in [-0.4, -0.2) is 34.6 Å². The molecule has 3 heterocycles. The predicted octanol–water partition coefficient (Wildman–Crippen LogP) is 3.81. The molecule has 6 nitrogen and oxygen atoms in total. The molecule has 1 saturated heterocycles. The summed E-state index contributed by atoms with van der Waals surface area (Å²) in [5.41, 5.74) is 2.10. The number of nitrogens with one attached hydrogen (secondary N) is 1. The molecule has 0 saturated carbocycles. The molecular formula is C19H22ClN3O3. The third-order valence-corrected chi connectivity index (χ3v) is 5.27. The van der Waals surface area contributed by atoms with Gasteiger partial charge in [0.05, 0.1) is 22.7 Å². The van der Waals surface area contributed by atoms with Crippen molar-refractivity contribution in [2.75, 3.05) is 13.7 Å². The maximum absolute atomic E-state index is 12.8. The molecule has 2 aromatic heterocycles. The Morgan fingerprint density at radius 1 is 1.46 bits per heavy atom. The van der Waals surface area contributed by atoms with Gasteiger partial charge in [0.1, 0.15) is 5.52 Å². The summed E-state index contributed by atoms with van der Waals surface area (Å²) >= 11 is 6.19. The minimum Gasteiger partial charge on any atom is -0.381 e. The molecule has 26 heavy (non-hydrogen) atoms. The molecule has 3 aromatic rings. The van der Waals surface area contributed by atoms with Crippen molar-refractivity contribution < 1.29 is 9.47 Å². The lowest BCUT2D eigenvalue weighted by Gasteiger charge is -2.25. The van der Waals surface area contributed by atoms with E-state index < -0.39 is 0 Å². The normalized spacial score (nSPS) is 19.3. The number of fused-ring (bicyclic) bond motifs is 3. The van der Waals surface area contributed by atoms with Crippen molar-refractivity contribution in [1.82, 2.24) is 14.8 Å². The molecule has 4 rings (SSSR count). The average molecular weight is 376 g/mol. The smallest absolute Gasteiger partial charge is 0.259 e. The second-order valence-electron chi connectivity index (χ2n) is 6.83. The molecule has 1 aliphatic heterocycles. The van der Waals surface area contributed by atoms with Crippen molar-refractivity contribution in [2.45, 2.75) is 44.9 Å². The van der Waals surface area contributed by atoms with E-state index in [1.807, 2.05) is 23.7 Å². The minimum atomic E-state index is -0.149. The summed E-state index contributed by atoms with van der Waals surface area (Å²) in [5.74, 6) is 0. The van der Waals surface area contributed by atoms with Gasteiger partial charge in [-0.1, -0.05) is 11.6 Å². The molecule has 0 amide bonds. The first-order valence-corrected chi connectivity index (χ1v) is 9.33. The van der Waals surface area contributed by atoms with Crippen LogP contribution >= 0.6 is 11.6 Å². The summed E-state index contributed by atoms with van der Waals surface area (Å²) in [7, 11) is 1.67. The van der Waals surface area contributed by atoms with E-state index >= 15 is 0 Å². The molecule has 2 unspecified atom stereocenters. The van der Waals surface area contributed by atoms with Crippen molar-refractivity contribution >= 4 is 33.4 Å². The number of aromatic amines is 1. The van der Waals surface area contributed by atoms with E-state index in [0.29, 0.717) is 29.0 Å². The van der Waals surface area contributed by atoms with Crippen LogP contribution in [-0.2, 0) is 15.9 Å². The fourth-order valence-corrected chi connectivity index (χ4v) is 3.78. The Kier molecular flexibility index (Phi) is 4.73. The third-order valence-electron chi connectivity index (χ3n) is 5.03. The zero-order valence-electron chi connectivity index (χ0n) is 14.9. The van der Waals surface area contributed by atoms with Crippen molar-refractivity contribution in [1.29, 1.82) is 0 Å². The van der Waals surface area contributed by atoms with Gasteiger partial charge < -0.3 is 14.5 Å². The molecule has 1 N–H and O–H groups in total. The van der Waals surface area contributed by atoms with Gasteiger partial charge in [-0.3, -0.25) is 4.79 Å². The lowest BCUT2D eigenvalue weighted by molar-refractivity contribution is -0.0414. The highest BCUT2D eigenvalue weighted by molar-refractivity contribution is 6.31. The number of H-pyrrole nitrogens is 1. The molecule has 2 atom stereocenters. The molecule has 1 aliphatic rings. The van der Waals surface area contributed by atoms with E-state index in [-0.39, 0.29) is 17.9 Å². The molecule has 0 spiro atoms. The van der Waals surface area contributed by atoms with Crippen molar-refractivity contribution in [3.05, 3.63) is 39.3 Å². The molecule has 0 aliphatic carbocycles. The third kappa shape index (κ3) is 3.02. The van der Waals surface area contributed by atoms with Crippen molar-refractivity contribution in [2.24, 2.45) is 0 Å². The number of methoxy groups -OCH3 is 1. The van der Waals surface area contributed by atoms with Crippen LogP contribution < -0.4 is 5.56 Å². The molecule has 0 bridgehead atoms. The standard InChI is InChI=1S/C19H22ClN3O3/c1-11(25-2)9-15-17-18(22-23(15)16-5-3-4-8-26-16)13-10-12(20)6-7-14(13)21-19(17)24/h6-7,10-11,16H,3-5,8-9H2,1-2H3,(H,21,24). The van der Waals surface area contributed by atoms with Crippen LogP contribution in [0.1, 0.15) is 38.1 Å². The van der Waals surface area contributed by atoms with Crippen molar-refractivity contribution in [3.8, 4) is 0 Å². The van der Waals surface area contributed by atoms with Gasteiger partial charge >= 0.3 is 0 Å². The van der Waals surface area contributed by atoms with E-state index in [2.05, 4.69) is 4.98 Å². The zero-order chi connectivity index (χ0) is 18.3. The maximum Gasteiger partial charge on any atom is 0.259 e. The number of pyridine rings is 1. The fraction of sp³-hybridized carbons (Fsp3) is 0.474. The van der Waals surface area contributed by atoms with E-state index in [1.165, 1.54) is 0 Å². The summed E-state index contributed by atoms with van der Waals surface area (Å²) in [4.78, 5) is 15.8. The van der Waals surface area contributed by atoms with Crippen LogP contribution in [0.15, 0.2) is 23.0 Å². The molecule has 1 fully saturated rings. The van der Waals surface area contributed by atoms with Crippen LogP contribution in [0, 0.1) is 0 Å². The van der Waals surface area contributed by atoms with Gasteiger partial charge in [0.25, 0.3) is 5.56 Å². The van der Waals surface area contributed by atoms with Gasteiger partial charge in [-0.2, -0.15) is 5.10 Å². The summed E-state index contributed by atoms with van der Waals surface area (Å²) in [6.07, 6.45) is 3.43. The summed E-state index contributed by atoms with van der Waals surface area (Å²) in [6, 6.07) is 5.42. The summed E-state index contributed by atoms with van der Waals surface area (Å²) in [6.45, 7) is 2.69.